The molecule has 1 aromatic heterocycles. The van der Waals surface area contributed by atoms with Crippen LogP contribution >= 0.6 is 0 Å². The van der Waals surface area contributed by atoms with Crippen LogP contribution in [0.25, 0.3) is 0 Å². The fraction of sp³-hybridized carbons (Fsp3) is 0.435. The van der Waals surface area contributed by atoms with Gasteiger partial charge in [0.25, 0.3) is 5.91 Å². The number of hydrogen-bond acceptors (Lipinski definition) is 4. The molecule has 170 valence electrons. The van der Waals surface area contributed by atoms with Crippen LogP contribution in [0.2, 0.25) is 0 Å². The molecular weight excluding hydrogens is 421 g/mol. The minimum Gasteiger partial charge on any atom is -0.365 e. The molecule has 3 heterocycles. The average Bonchev–Trinajstić information content (AvgIpc) is 2.69. The van der Waals surface area contributed by atoms with Gasteiger partial charge in [-0.1, -0.05) is 12.1 Å². The third-order valence-corrected chi connectivity index (χ3v) is 6.18. The van der Waals surface area contributed by atoms with Gasteiger partial charge in [-0.05, 0) is 50.6 Å². The van der Waals surface area contributed by atoms with Crippen molar-refractivity contribution in [3.8, 4) is 0 Å². The molecule has 0 bridgehead atoms. The van der Waals surface area contributed by atoms with E-state index in [4.69, 9.17) is 0 Å². The molecule has 0 aliphatic carbocycles. The maximum atomic E-state index is 13.5. The quantitative estimate of drug-likeness (QED) is 0.724. The van der Waals surface area contributed by atoms with Crippen LogP contribution in [0.1, 0.15) is 30.7 Å². The number of carbonyl (C=O) groups excluding carboxylic acids is 2. The maximum absolute atomic E-state index is 13.5. The van der Waals surface area contributed by atoms with Crippen LogP contribution < -0.4 is 4.90 Å². The number of rotatable bonds is 4. The van der Waals surface area contributed by atoms with Crippen LogP contribution in [-0.2, 0) is 22.3 Å². The molecule has 0 unspecified atom stereocenters. The summed E-state index contributed by atoms with van der Waals surface area (Å²) >= 11 is 0. The molecule has 1 spiro atoms. The van der Waals surface area contributed by atoms with E-state index in [0.29, 0.717) is 18.7 Å². The molecule has 9 heteroatoms. The Morgan fingerprint density at radius 2 is 1.75 bits per heavy atom. The molecule has 2 aliphatic heterocycles. The van der Waals surface area contributed by atoms with E-state index in [1.807, 2.05) is 37.8 Å². The second-order valence-electron chi connectivity index (χ2n) is 8.74. The van der Waals surface area contributed by atoms with Gasteiger partial charge in [-0.3, -0.25) is 14.6 Å². The first-order chi connectivity index (χ1) is 15.0. The Labute approximate surface area is 184 Å². The smallest absolute Gasteiger partial charge is 0.365 e. The summed E-state index contributed by atoms with van der Waals surface area (Å²) in [5.41, 5.74) is 0.527. The summed E-state index contributed by atoms with van der Waals surface area (Å²) in [6, 6.07) is 8.39. The van der Waals surface area contributed by atoms with Crippen molar-refractivity contribution in [1.29, 1.82) is 0 Å². The third kappa shape index (κ3) is 3.80. The number of carbonyl (C=O) groups is 2. The number of amides is 2. The van der Waals surface area contributed by atoms with Crippen molar-refractivity contribution in [2.45, 2.75) is 45.1 Å². The first-order valence-electron chi connectivity index (χ1n) is 10.5. The molecule has 1 aromatic carbocycles. The molecule has 2 fully saturated rings. The van der Waals surface area contributed by atoms with Crippen LogP contribution in [0.3, 0.4) is 0 Å². The van der Waals surface area contributed by atoms with E-state index in [2.05, 4.69) is 4.98 Å². The number of aromatic nitrogens is 1. The average molecular weight is 446 g/mol. The molecular formula is C23H25F3N4O2. The standard InChI is InChI=1S/C23H25F3N4O2/c1-15(2)29-12-20(31)30(11-17-4-6-18(7-5-17)23(24,25)26)22(21(29)32)13-28(14-22)19-8-9-27-16(3)10-19/h4-10,15H,11-14H2,1-3H3. The van der Waals surface area contributed by atoms with Crippen LogP contribution in [0.4, 0.5) is 18.9 Å². The molecule has 2 amide bonds. The highest BCUT2D eigenvalue weighted by molar-refractivity contribution is 6.00. The summed E-state index contributed by atoms with van der Waals surface area (Å²) in [5.74, 6) is -0.329. The summed E-state index contributed by atoms with van der Waals surface area (Å²) < 4.78 is 38.7. The minimum atomic E-state index is -4.43. The number of piperazine rings is 1. The number of hydrogen-bond donors (Lipinski definition) is 0. The highest BCUT2D eigenvalue weighted by Crippen LogP contribution is 2.38. The Morgan fingerprint density at radius 3 is 2.31 bits per heavy atom. The Balaban J connectivity index is 1.62. The lowest BCUT2D eigenvalue weighted by atomic mass is 9.82. The van der Waals surface area contributed by atoms with Crippen molar-refractivity contribution < 1.29 is 22.8 Å². The largest absolute Gasteiger partial charge is 0.416 e. The first-order valence-corrected chi connectivity index (χ1v) is 10.5. The van der Waals surface area contributed by atoms with Crippen molar-refractivity contribution in [2.24, 2.45) is 0 Å². The van der Waals surface area contributed by atoms with E-state index < -0.39 is 17.3 Å². The molecule has 6 nitrogen and oxygen atoms in total. The second kappa shape index (κ2) is 7.79. The van der Waals surface area contributed by atoms with Crippen molar-refractivity contribution >= 4 is 17.5 Å². The normalized spacial score (nSPS) is 18.5. The van der Waals surface area contributed by atoms with E-state index in [9.17, 15) is 22.8 Å². The number of halogens is 3. The third-order valence-electron chi connectivity index (χ3n) is 6.18. The van der Waals surface area contributed by atoms with Gasteiger partial charge in [-0.15, -0.1) is 0 Å². The zero-order valence-electron chi connectivity index (χ0n) is 18.2. The zero-order chi connectivity index (χ0) is 23.3. The minimum absolute atomic E-state index is 0.0345. The van der Waals surface area contributed by atoms with E-state index in [0.717, 1.165) is 23.5 Å². The fourth-order valence-electron chi connectivity index (χ4n) is 4.36. The number of nitrogens with zero attached hydrogens (tertiary/aromatic N) is 4. The van der Waals surface area contributed by atoms with Crippen LogP contribution in [0.5, 0.6) is 0 Å². The van der Waals surface area contributed by atoms with Crippen molar-refractivity contribution in [3.63, 3.8) is 0 Å². The summed E-state index contributed by atoms with van der Waals surface area (Å²) in [6.07, 6.45) is -2.73. The Hall–Kier alpha value is -3.10. The number of aryl methyl sites for hydroxylation is 1. The maximum Gasteiger partial charge on any atom is 0.416 e. The SMILES string of the molecule is Cc1cc(N2CC3(C2)C(=O)N(C(C)C)CC(=O)N3Cc2ccc(C(F)(F)F)cc2)ccn1. The lowest BCUT2D eigenvalue weighted by Crippen LogP contribution is -2.81. The van der Waals surface area contributed by atoms with Crippen molar-refractivity contribution in [2.75, 3.05) is 24.5 Å². The van der Waals surface area contributed by atoms with Gasteiger partial charge >= 0.3 is 6.18 Å². The number of anilines is 1. The summed E-state index contributed by atoms with van der Waals surface area (Å²) in [4.78, 5) is 35.9. The van der Waals surface area contributed by atoms with Gasteiger partial charge in [0.05, 0.1) is 18.7 Å². The van der Waals surface area contributed by atoms with Crippen molar-refractivity contribution in [1.82, 2.24) is 14.8 Å². The van der Waals surface area contributed by atoms with Crippen molar-refractivity contribution in [3.05, 3.63) is 59.4 Å². The molecule has 0 radical (unpaired) electrons. The molecule has 32 heavy (non-hydrogen) atoms. The van der Waals surface area contributed by atoms with Gasteiger partial charge in [0.1, 0.15) is 6.54 Å². The fourth-order valence-corrected chi connectivity index (χ4v) is 4.36. The predicted octanol–water partition coefficient (Wildman–Crippen LogP) is 3.25. The van der Waals surface area contributed by atoms with Gasteiger partial charge in [-0.2, -0.15) is 13.2 Å². The van der Waals surface area contributed by atoms with Crippen LogP contribution in [0, 0.1) is 6.92 Å². The van der Waals surface area contributed by atoms with E-state index in [1.54, 1.807) is 16.0 Å². The molecule has 2 aliphatic rings. The van der Waals surface area contributed by atoms with Crippen LogP contribution in [0.15, 0.2) is 42.6 Å². The zero-order valence-corrected chi connectivity index (χ0v) is 18.2. The number of alkyl halides is 3. The van der Waals surface area contributed by atoms with E-state index in [1.165, 1.54) is 12.1 Å². The molecule has 4 rings (SSSR count). The van der Waals surface area contributed by atoms with Crippen LogP contribution in [-0.4, -0.2) is 57.8 Å². The lowest BCUT2D eigenvalue weighted by Gasteiger charge is -2.59. The molecule has 2 aromatic rings. The molecule has 2 saturated heterocycles. The molecule has 0 atom stereocenters. The molecule has 0 N–H and O–H groups in total. The Morgan fingerprint density at radius 1 is 1.09 bits per heavy atom. The summed E-state index contributed by atoms with van der Waals surface area (Å²) in [5, 5.41) is 0. The summed E-state index contributed by atoms with van der Waals surface area (Å²) in [7, 11) is 0. The Kier molecular flexibility index (Phi) is 5.38. The second-order valence-corrected chi connectivity index (χ2v) is 8.74. The van der Waals surface area contributed by atoms with E-state index in [-0.39, 0.29) is 30.9 Å². The molecule has 0 saturated carbocycles. The Bertz CT molecular complexity index is 1030. The number of pyridine rings is 1. The summed E-state index contributed by atoms with van der Waals surface area (Å²) in [6.45, 7) is 6.31. The van der Waals surface area contributed by atoms with Gasteiger partial charge in [-0.25, -0.2) is 0 Å². The monoisotopic (exact) mass is 446 g/mol. The lowest BCUT2D eigenvalue weighted by molar-refractivity contribution is -0.170. The number of benzene rings is 1. The van der Waals surface area contributed by atoms with Gasteiger partial charge in [0.15, 0.2) is 5.54 Å². The highest BCUT2D eigenvalue weighted by Gasteiger charge is 2.59. The van der Waals surface area contributed by atoms with Gasteiger partial charge in [0, 0.05) is 30.2 Å². The highest BCUT2D eigenvalue weighted by atomic mass is 19.4. The van der Waals surface area contributed by atoms with E-state index >= 15 is 0 Å². The predicted molar refractivity (Wildman–Crippen MR) is 113 cm³/mol. The van der Waals surface area contributed by atoms with Gasteiger partial charge < -0.3 is 14.7 Å². The topological polar surface area (TPSA) is 56.8 Å². The van der Waals surface area contributed by atoms with Gasteiger partial charge in [0.2, 0.25) is 5.91 Å². The first kappa shape index (κ1) is 22.1.